The Morgan fingerprint density at radius 1 is 1.40 bits per heavy atom. The largest absolute Gasteiger partial charge is 0.423 e. The molecule has 0 spiro atoms. The highest BCUT2D eigenvalue weighted by Crippen LogP contribution is 2.49. The molecule has 2 amide bonds. The van der Waals surface area contributed by atoms with Crippen molar-refractivity contribution in [2.24, 2.45) is 5.92 Å². The van der Waals surface area contributed by atoms with E-state index in [2.05, 4.69) is 5.32 Å². The van der Waals surface area contributed by atoms with Crippen molar-refractivity contribution in [1.82, 2.24) is 4.90 Å². The quantitative estimate of drug-likeness (QED) is 0.821. The zero-order chi connectivity index (χ0) is 18.4. The van der Waals surface area contributed by atoms with Gasteiger partial charge in [0.25, 0.3) is 0 Å². The molecule has 2 aliphatic rings. The van der Waals surface area contributed by atoms with Crippen molar-refractivity contribution in [2.75, 3.05) is 18.5 Å². The van der Waals surface area contributed by atoms with Crippen LogP contribution in [0.2, 0.25) is 5.02 Å². The number of alkyl halides is 3. The van der Waals surface area contributed by atoms with Crippen LogP contribution < -0.4 is 5.32 Å². The van der Waals surface area contributed by atoms with Gasteiger partial charge in [0, 0.05) is 22.3 Å². The molecule has 138 valence electrons. The summed E-state index contributed by atoms with van der Waals surface area (Å²) in [4.78, 5) is 13.6. The molecule has 25 heavy (non-hydrogen) atoms. The summed E-state index contributed by atoms with van der Waals surface area (Å²) < 4.78 is 48.4. The first kappa shape index (κ1) is 18.3. The van der Waals surface area contributed by atoms with Crippen LogP contribution >= 0.6 is 11.6 Å². The number of carbonyl (C=O) groups is 1. The lowest BCUT2D eigenvalue weighted by Crippen LogP contribution is -2.54. The molecule has 0 aromatic heterocycles. The first-order valence-corrected chi connectivity index (χ1v) is 8.60. The minimum absolute atomic E-state index is 0.00554. The fraction of sp³-hybridized carbons (Fsp3) is 0.588. The molecular formula is C17H20ClF3N2O2. The first-order valence-electron chi connectivity index (χ1n) is 8.22. The Balaban J connectivity index is 2.15. The van der Waals surface area contributed by atoms with Crippen LogP contribution in [0.5, 0.6) is 0 Å². The smallest absolute Gasteiger partial charge is 0.359 e. The average molecular weight is 377 g/mol. The molecule has 1 aromatic carbocycles. The predicted molar refractivity (Wildman–Crippen MR) is 88.7 cm³/mol. The molecule has 1 saturated carbocycles. The molecule has 8 heteroatoms. The van der Waals surface area contributed by atoms with Crippen LogP contribution in [-0.2, 0) is 10.3 Å². The van der Waals surface area contributed by atoms with Gasteiger partial charge >= 0.3 is 12.2 Å². The lowest BCUT2D eigenvalue weighted by atomic mass is 9.90. The molecule has 1 aliphatic heterocycles. The highest BCUT2D eigenvalue weighted by molar-refractivity contribution is 6.30. The van der Waals surface area contributed by atoms with Crippen molar-refractivity contribution in [2.45, 2.75) is 44.5 Å². The molecule has 0 radical (unpaired) electrons. The minimum Gasteiger partial charge on any atom is -0.359 e. The minimum atomic E-state index is -4.71. The number of hydrogen-bond donors (Lipinski definition) is 1. The molecule has 1 fully saturated rings. The van der Waals surface area contributed by atoms with Gasteiger partial charge in [0.15, 0.2) is 0 Å². The Kier molecular flexibility index (Phi) is 4.66. The van der Waals surface area contributed by atoms with E-state index in [1.165, 1.54) is 18.2 Å². The van der Waals surface area contributed by atoms with E-state index in [0.29, 0.717) is 0 Å². The Labute approximate surface area is 149 Å². The van der Waals surface area contributed by atoms with Crippen LogP contribution in [-0.4, -0.2) is 36.3 Å². The number of carbonyl (C=O) groups excluding carboxylic acids is 1. The molecular weight excluding hydrogens is 357 g/mol. The number of fused-ring (bicyclic) bond motifs is 1. The highest BCUT2D eigenvalue weighted by atomic mass is 35.5. The van der Waals surface area contributed by atoms with Crippen LogP contribution in [0.15, 0.2) is 18.2 Å². The van der Waals surface area contributed by atoms with Crippen LogP contribution in [0.3, 0.4) is 0 Å². The topological polar surface area (TPSA) is 41.6 Å². The van der Waals surface area contributed by atoms with Gasteiger partial charge in [-0.05, 0) is 50.8 Å². The summed E-state index contributed by atoms with van der Waals surface area (Å²) in [5.74, 6) is 0.140. The number of nitrogens with one attached hydrogen (secondary N) is 1. The van der Waals surface area contributed by atoms with Gasteiger partial charge in [0.2, 0.25) is 5.60 Å². The van der Waals surface area contributed by atoms with Gasteiger partial charge in [-0.1, -0.05) is 11.6 Å². The van der Waals surface area contributed by atoms with E-state index in [9.17, 15) is 18.0 Å². The molecule has 0 unspecified atom stereocenters. The maximum atomic E-state index is 14.3. The van der Waals surface area contributed by atoms with E-state index in [-0.39, 0.29) is 28.8 Å². The number of hydrogen-bond acceptors (Lipinski definition) is 2. The maximum absolute atomic E-state index is 14.3. The Bertz CT molecular complexity index is 676. The van der Waals surface area contributed by atoms with Gasteiger partial charge in [0.1, 0.15) is 0 Å². The van der Waals surface area contributed by atoms with Gasteiger partial charge in [-0.15, -0.1) is 0 Å². The molecule has 1 aromatic rings. The molecule has 1 aliphatic carbocycles. The Morgan fingerprint density at radius 3 is 2.64 bits per heavy atom. The number of halogens is 4. The van der Waals surface area contributed by atoms with Gasteiger partial charge in [-0.3, -0.25) is 0 Å². The first-order chi connectivity index (χ1) is 11.6. The number of amides is 2. The molecule has 0 saturated heterocycles. The number of benzene rings is 1. The van der Waals surface area contributed by atoms with Gasteiger partial charge < -0.3 is 15.0 Å². The molecule has 1 heterocycles. The van der Waals surface area contributed by atoms with E-state index in [1.807, 2.05) is 0 Å². The fourth-order valence-electron chi connectivity index (χ4n) is 2.95. The SMILES string of the molecule is CC(C)N1C[C@](OCC2CC2)(C(F)(F)F)c2cc(Cl)ccc2NC1=O. The zero-order valence-electron chi connectivity index (χ0n) is 14.0. The van der Waals surface area contributed by atoms with Crippen molar-refractivity contribution in [3.05, 3.63) is 28.8 Å². The molecule has 1 atom stereocenters. The summed E-state index contributed by atoms with van der Waals surface area (Å²) in [7, 11) is 0. The Hall–Kier alpha value is -1.47. The van der Waals surface area contributed by atoms with E-state index in [1.54, 1.807) is 13.8 Å². The second kappa shape index (κ2) is 6.36. The van der Waals surface area contributed by atoms with Crippen molar-refractivity contribution in [3.63, 3.8) is 0 Å². The second-order valence-electron chi connectivity index (χ2n) is 6.92. The van der Waals surface area contributed by atoms with E-state index >= 15 is 0 Å². The lowest BCUT2D eigenvalue weighted by molar-refractivity contribution is -0.289. The predicted octanol–water partition coefficient (Wildman–Crippen LogP) is 4.78. The summed E-state index contributed by atoms with van der Waals surface area (Å²) in [6.07, 6.45) is -2.98. The molecule has 0 bridgehead atoms. The number of rotatable bonds is 4. The standard InChI is InChI=1S/C17H20ClF3N2O2/c1-10(2)23-9-16(17(19,20)21,25-8-11-3-4-11)13-7-12(18)5-6-14(13)22-15(23)24/h5-7,10-11H,3-4,8-9H2,1-2H3,(H,22,24)/t16-/m1/s1. The number of urea groups is 1. The second-order valence-corrected chi connectivity index (χ2v) is 7.36. The number of nitrogens with zero attached hydrogens (tertiary/aromatic N) is 1. The lowest BCUT2D eigenvalue weighted by Gasteiger charge is -2.39. The van der Waals surface area contributed by atoms with Crippen molar-refractivity contribution < 1.29 is 22.7 Å². The van der Waals surface area contributed by atoms with E-state index < -0.39 is 30.4 Å². The zero-order valence-corrected chi connectivity index (χ0v) is 14.7. The normalized spacial score (nSPS) is 24.1. The summed E-state index contributed by atoms with van der Waals surface area (Å²) >= 11 is 5.97. The van der Waals surface area contributed by atoms with E-state index in [4.69, 9.17) is 16.3 Å². The van der Waals surface area contributed by atoms with Crippen molar-refractivity contribution in [3.8, 4) is 0 Å². The molecule has 1 N–H and O–H groups in total. The van der Waals surface area contributed by atoms with Gasteiger partial charge in [0.05, 0.1) is 13.2 Å². The fourth-order valence-corrected chi connectivity index (χ4v) is 3.12. The van der Waals surface area contributed by atoms with Crippen LogP contribution in [0.25, 0.3) is 0 Å². The maximum Gasteiger partial charge on any atom is 0.423 e. The number of ether oxygens (including phenoxy) is 1. The summed E-state index contributed by atoms with van der Waals surface area (Å²) in [6, 6.07) is 3.07. The van der Waals surface area contributed by atoms with Gasteiger partial charge in [-0.25, -0.2) is 4.79 Å². The van der Waals surface area contributed by atoms with Crippen molar-refractivity contribution in [1.29, 1.82) is 0 Å². The summed E-state index contributed by atoms with van der Waals surface area (Å²) in [5, 5.41) is 2.72. The summed E-state index contributed by atoms with van der Waals surface area (Å²) in [5.41, 5.74) is -2.69. The average Bonchev–Trinajstić information content (AvgIpc) is 3.32. The van der Waals surface area contributed by atoms with Crippen LogP contribution in [0, 0.1) is 5.92 Å². The van der Waals surface area contributed by atoms with Crippen LogP contribution in [0.1, 0.15) is 32.3 Å². The highest BCUT2D eigenvalue weighted by Gasteiger charge is 2.61. The third-order valence-corrected chi connectivity index (χ3v) is 4.89. The van der Waals surface area contributed by atoms with Gasteiger partial charge in [-0.2, -0.15) is 13.2 Å². The van der Waals surface area contributed by atoms with Crippen molar-refractivity contribution >= 4 is 23.3 Å². The third-order valence-electron chi connectivity index (χ3n) is 4.66. The summed E-state index contributed by atoms with van der Waals surface area (Å²) in [6.45, 7) is 2.74. The number of anilines is 1. The van der Waals surface area contributed by atoms with E-state index in [0.717, 1.165) is 17.7 Å². The third kappa shape index (κ3) is 3.44. The molecule has 3 rings (SSSR count). The Morgan fingerprint density at radius 2 is 2.08 bits per heavy atom. The monoisotopic (exact) mass is 376 g/mol. The molecule has 4 nitrogen and oxygen atoms in total. The van der Waals surface area contributed by atoms with Crippen LogP contribution in [0.4, 0.5) is 23.7 Å².